The molecule has 3 aliphatic rings. The van der Waals surface area contributed by atoms with Crippen molar-refractivity contribution in [3.8, 4) is 22.3 Å². The topological polar surface area (TPSA) is 0 Å². The van der Waals surface area contributed by atoms with Gasteiger partial charge >= 0.3 is 0 Å². The first kappa shape index (κ1) is 36.2. The van der Waals surface area contributed by atoms with Gasteiger partial charge in [0.15, 0.2) is 0 Å². The highest BCUT2D eigenvalue weighted by atomic mass is 14.5. The minimum atomic E-state index is -0.292. The molecule has 0 saturated carbocycles. The first-order valence-electron chi connectivity index (χ1n) is 17.9. The van der Waals surface area contributed by atoms with Crippen LogP contribution in [-0.2, 0) is 10.8 Å². The molecule has 0 heteroatoms. The van der Waals surface area contributed by atoms with Crippen LogP contribution in [0, 0.1) is 13.8 Å². The molecule has 1 atom stereocenters. The van der Waals surface area contributed by atoms with Crippen molar-refractivity contribution in [3.05, 3.63) is 185 Å². The predicted octanol–water partition coefficient (Wildman–Crippen LogP) is 13.8. The van der Waals surface area contributed by atoms with Crippen LogP contribution in [0.25, 0.3) is 27.8 Å². The molecule has 0 fully saturated rings. The van der Waals surface area contributed by atoms with E-state index in [-0.39, 0.29) is 10.8 Å². The van der Waals surface area contributed by atoms with Gasteiger partial charge in [-0.1, -0.05) is 190 Å². The number of allylic oxidation sites excluding steroid dienone is 4. The van der Waals surface area contributed by atoms with Crippen LogP contribution in [-0.4, -0.2) is 0 Å². The lowest BCUT2D eigenvalue weighted by atomic mass is 9.69. The van der Waals surface area contributed by atoms with Gasteiger partial charge in [0.1, 0.15) is 0 Å². The van der Waals surface area contributed by atoms with Crippen LogP contribution in [0.2, 0.25) is 0 Å². The molecular formula is C48H54. The Morgan fingerprint density at radius 2 is 0.833 bits per heavy atom. The van der Waals surface area contributed by atoms with Gasteiger partial charge in [0, 0.05) is 5.41 Å². The predicted molar refractivity (Wildman–Crippen MR) is 213 cm³/mol. The van der Waals surface area contributed by atoms with Crippen LogP contribution >= 0.6 is 0 Å². The number of fused-ring (bicyclic) bond motifs is 10. The largest absolute Gasteiger partial charge is 0.0987 e. The summed E-state index contributed by atoms with van der Waals surface area (Å²) < 4.78 is 0. The van der Waals surface area contributed by atoms with Gasteiger partial charge in [-0.05, 0) is 91.8 Å². The maximum absolute atomic E-state index is 4.21. The smallest absolute Gasteiger partial charge is 0.0725 e. The highest BCUT2D eigenvalue weighted by Crippen LogP contribution is 2.62. The maximum Gasteiger partial charge on any atom is 0.0725 e. The number of hydrogen-bond donors (Lipinski definition) is 0. The van der Waals surface area contributed by atoms with E-state index in [0.29, 0.717) is 0 Å². The standard InChI is InChI=1S/C26H20.C16H16.3C2H6/c1-4-18-19-12-6-8-14-22(19)26(21(18)5-2)23-15-9-7-13-20(23)25-17(3)11-10-16-24(25)26;1-11-7-6-10-14-15(11)12-8-4-5-9-13(12)16(14,2)3;3*1-2/h4-16H,1-2H2,3H3;4-10H,1-3H3;3*1-2H3. The molecule has 5 aromatic carbocycles. The number of aryl methyl sites for hydroxylation is 2. The van der Waals surface area contributed by atoms with E-state index in [9.17, 15) is 0 Å². The SMILES string of the molecule is C=CC1=C(C=C)C2(c3ccccc31)c1ccccc1-c1c(C)cccc12.CC.CC.CC.Cc1cccc2c1-c1ccccc1C2(C)C. The second-order valence-corrected chi connectivity index (χ2v) is 12.2. The van der Waals surface area contributed by atoms with Crippen molar-refractivity contribution < 1.29 is 0 Å². The fraction of sp³-hybridized carbons (Fsp3) is 0.250. The molecule has 0 nitrogen and oxygen atoms in total. The van der Waals surface area contributed by atoms with Gasteiger partial charge in [-0.15, -0.1) is 0 Å². The van der Waals surface area contributed by atoms with Crippen LogP contribution in [0.15, 0.2) is 140 Å². The lowest BCUT2D eigenvalue weighted by molar-refractivity contribution is 0.660. The Kier molecular flexibility index (Phi) is 11.3. The molecule has 0 radical (unpaired) electrons. The van der Waals surface area contributed by atoms with E-state index in [1.54, 1.807) is 0 Å². The van der Waals surface area contributed by atoms with E-state index in [1.807, 2.05) is 53.7 Å². The molecule has 0 heterocycles. The second-order valence-electron chi connectivity index (χ2n) is 12.2. The summed E-state index contributed by atoms with van der Waals surface area (Å²) in [6, 6.07) is 39.6. The maximum atomic E-state index is 4.21. The van der Waals surface area contributed by atoms with E-state index in [0.717, 1.165) is 0 Å². The summed E-state index contributed by atoms with van der Waals surface area (Å²) in [6.07, 6.45) is 4.02. The van der Waals surface area contributed by atoms with Crippen LogP contribution in [0.4, 0.5) is 0 Å². The Morgan fingerprint density at radius 3 is 1.35 bits per heavy atom. The third-order valence-corrected chi connectivity index (χ3v) is 9.82. The summed E-state index contributed by atoms with van der Waals surface area (Å²) in [5.74, 6) is 0. The van der Waals surface area contributed by atoms with Gasteiger partial charge in [-0.25, -0.2) is 0 Å². The summed E-state index contributed by atoms with van der Waals surface area (Å²) in [4.78, 5) is 0. The minimum absolute atomic E-state index is 0.151. The van der Waals surface area contributed by atoms with Crippen molar-refractivity contribution in [2.75, 3.05) is 0 Å². The summed E-state index contributed by atoms with van der Waals surface area (Å²) in [5, 5.41) is 0. The molecule has 246 valence electrons. The Balaban J connectivity index is 0.000000203. The average Bonchev–Trinajstić information content (AvgIpc) is 3.70. The highest BCUT2D eigenvalue weighted by molar-refractivity contribution is 5.98. The van der Waals surface area contributed by atoms with Crippen molar-refractivity contribution in [2.24, 2.45) is 0 Å². The van der Waals surface area contributed by atoms with Crippen LogP contribution < -0.4 is 0 Å². The molecule has 5 aromatic rings. The molecule has 48 heavy (non-hydrogen) atoms. The average molecular weight is 631 g/mol. The normalized spacial score (nSPS) is 16.0. The number of rotatable bonds is 2. The zero-order valence-corrected chi connectivity index (χ0v) is 31.0. The van der Waals surface area contributed by atoms with Crippen LogP contribution in [0.1, 0.15) is 99.9 Å². The molecule has 3 aliphatic carbocycles. The minimum Gasteiger partial charge on any atom is -0.0987 e. The summed E-state index contributed by atoms with van der Waals surface area (Å²) >= 11 is 0. The Morgan fingerprint density at radius 1 is 0.438 bits per heavy atom. The second kappa shape index (κ2) is 15.0. The molecule has 0 aliphatic heterocycles. The third-order valence-electron chi connectivity index (χ3n) is 9.82. The molecule has 1 unspecified atom stereocenters. The van der Waals surface area contributed by atoms with Crippen molar-refractivity contribution in [1.29, 1.82) is 0 Å². The van der Waals surface area contributed by atoms with Gasteiger partial charge in [0.05, 0.1) is 5.41 Å². The molecule has 0 saturated heterocycles. The fourth-order valence-electron chi connectivity index (χ4n) is 8.05. The van der Waals surface area contributed by atoms with E-state index < -0.39 is 0 Å². The Bertz CT molecular complexity index is 1960. The fourth-order valence-corrected chi connectivity index (χ4v) is 8.05. The van der Waals surface area contributed by atoms with E-state index in [1.165, 1.54) is 77.9 Å². The van der Waals surface area contributed by atoms with Crippen molar-refractivity contribution >= 4 is 5.57 Å². The number of benzene rings is 5. The van der Waals surface area contributed by atoms with E-state index in [2.05, 4.69) is 150 Å². The van der Waals surface area contributed by atoms with Crippen molar-refractivity contribution in [3.63, 3.8) is 0 Å². The van der Waals surface area contributed by atoms with Crippen molar-refractivity contribution in [1.82, 2.24) is 0 Å². The van der Waals surface area contributed by atoms with Crippen molar-refractivity contribution in [2.45, 2.75) is 80.1 Å². The summed E-state index contributed by atoms with van der Waals surface area (Å²) in [6.45, 7) is 29.4. The first-order chi connectivity index (χ1) is 23.4. The molecule has 0 amide bonds. The highest BCUT2D eigenvalue weighted by Gasteiger charge is 2.51. The molecule has 0 N–H and O–H groups in total. The first-order valence-corrected chi connectivity index (χ1v) is 17.9. The van der Waals surface area contributed by atoms with Gasteiger partial charge in [-0.2, -0.15) is 0 Å². The molecule has 1 spiro atoms. The summed E-state index contributed by atoms with van der Waals surface area (Å²) in [5.41, 5.74) is 18.8. The van der Waals surface area contributed by atoms with Gasteiger partial charge in [-0.3, -0.25) is 0 Å². The Hall–Kier alpha value is -4.68. The zero-order valence-electron chi connectivity index (χ0n) is 31.0. The third kappa shape index (κ3) is 5.32. The Labute approximate surface area is 291 Å². The molecule has 0 aromatic heterocycles. The molecule has 0 bridgehead atoms. The van der Waals surface area contributed by atoms with E-state index in [4.69, 9.17) is 0 Å². The van der Waals surface area contributed by atoms with Gasteiger partial charge in [0.2, 0.25) is 0 Å². The van der Waals surface area contributed by atoms with Gasteiger partial charge < -0.3 is 0 Å². The quantitative estimate of drug-likeness (QED) is 0.182. The lowest BCUT2D eigenvalue weighted by Crippen LogP contribution is -2.26. The molecular weight excluding hydrogens is 577 g/mol. The molecule has 8 rings (SSSR count). The number of hydrogen-bond acceptors (Lipinski definition) is 0. The van der Waals surface area contributed by atoms with Gasteiger partial charge in [0.25, 0.3) is 0 Å². The van der Waals surface area contributed by atoms with Crippen LogP contribution in [0.5, 0.6) is 0 Å². The summed E-state index contributed by atoms with van der Waals surface area (Å²) in [7, 11) is 0. The monoisotopic (exact) mass is 630 g/mol. The zero-order chi connectivity index (χ0) is 35.2. The van der Waals surface area contributed by atoms with E-state index >= 15 is 0 Å². The van der Waals surface area contributed by atoms with Crippen LogP contribution in [0.3, 0.4) is 0 Å². The lowest BCUT2D eigenvalue weighted by Gasteiger charge is -2.31.